The molecule has 0 saturated carbocycles. The minimum atomic E-state index is -3.71. The van der Waals surface area contributed by atoms with Crippen molar-refractivity contribution >= 4 is 27.5 Å². The van der Waals surface area contributed by atoms with E-state index in [9.17, 15) is 13.2 Å². The number of hydrogen-bond donors (Lipinski definition) is 2. The van der Waals surface area contributed by atoms with E-state index in [0.717, 1.165) is 4.31 Å². The second-order valence-electron chi connectivity index (χ2n) is 4.42. The van der Waals surface area contributed by atoms with Crippen LogP contribution in [0.4, 0.5) is 0 Å². The van der Waals surface area contributed by atoms with Gasteiger partial charge in [0.15, 0.2) is 0 Å². The Kier molecular flexibility index (Phi) is 5.94. The van der Waals surface area contributed by atoms with Gasteiger partial charge in [0.25, 0.3) is 0 Å². The molecule has 0 unspecified atom stereocenters. The predicted molar refractivity (Wildman–Crippen MR) is 77.9 cm³/mol. The van der Waals surface area contributed by atoms with Crippen molar-refractivity contribution < 1.29 is 13.2 Å². The van der Waals surface area contributed by atoms with E-state index in [1.165, 1.54) is 31.3 Å². The van der Waals surface area contributed by atoms with Crippen LogP contribution in [0.3, 0.4) is 0 Å². The predicted octanol–water partition coefficient (Wildman–Crippen LogP) is 0.424. The van der Waals surface area contributed by atoms with Gasteiger partial charge in [0.05, 0.1) is 11.4 Å². The Morgan fingerprint density at radius 3 is 2.45 bits per heavy atom. The summed E-state index contributed by atoms with van der Waals surface area (Å²) in [6.45, 7) is 1.76. The number of rotatable bonds is 6. The maximum atomic E-state index is 12.2. The van der Waals surface area contributed by atoms with Crippen LogP contribution in [0.15, 0.2) is 29.2 Å². The van der Waals surface area contributed by atoms with E-state index in [1.807, 2.05) is 0 Å². The van der Waals surface area contributed by atoms with Crippen molar-refractivity contribution in [3.05, 3.63) is 29.3 Å². The average molecular weight is 320 g/mol. The Hall–Kier alpha value is -1.15. The minimum absolute atomic E-state index is 0.0871. The molecule has 1 aromatic rings. The van der Waals surface area contributed by atoms with Crippen molar-refractivity contribution in [1.29, 1.82) is 0 Å². The Balaban J connectivity index is 2.77. The topological polar surface area (TPSA) is 92.5 Å². The summed E-state index contributed by atoms with van der Waals surface area (Å²) in [6.07, 6.45) is 0. The molecule has 0 aliphatic heterocycles. The molecule has 20 heavy (non-hydrogen) atoms. The Labute approximate surface area is 123 Å². The fraction of sp³-hybridized carbons (Fsp3) is 0.417. The molecule has 0 fully saturated rings. The summed E-state index contributed by atoms with van der Waals surface area (Å²) >= 11 is 5.71. The third kappa shape index (κ3) is 4.45. The molecule has 1 aromatic carbocycles. The number of nitrogens with zero attached hydrogens (tertiary/aromatic N) is 1. The van der Waals surface area contributed by atoms with E-state index in [2.05, 4.69) is 5.32 Å². The van der Waals surface area contributed by atoms with Crippen LogP contribution < -0.4 is 11.1 Å². The van der Waals surface area contributed by atoms with E-state index in [4.69, 9.17) is 17.3 Å². The second-order valence-corrected chi connectivity index (χ2v) is 6.90. The molecule has 1 amide bonds. The molecule has 8 heteroatoms. The SMILES string of the molecule is C[C@@H](CN)NC(=O)CN(C)S(=O)(=O)c1ccc(Cl)cc1. The van der Waals surface area contributed by atoms with Crippen molar-refractivity contribution in [2.24, 2.45) is 5.73 Å². The molecule has 0 heterocycles. The van der Waals surface area contributed by atoms with E-state index < -0.39 is 15.9 Å². The first-order valence-electron chi connectivity index (χ1n) is 5.98. The number of likely N-dealkylation sites (N-methyl/N-ethyl adjacent to an activating group) is 1. The number of hydrogen-bond acceptors (Lipinski definition) is 4. The smallest absolute Gasteiger partial charge is 0.243 e. The van der Waals surface area contributed by atoms with Crippen LogP contribution in [-0.4, -0.2) is 44.8 Å². The highest BCUT2D eigenvalue weighted by atomic mass is 35.5. The quantitative estimate of drug-likeness (QED) is 0.795. The monoisotopic (exact) mass is 319 g/mol. The molecular weight excluding hydrogens is 302 g/mol. The molecule has 0 bridgehead atoms. The molecule has 0 radical (unpaired) electrons. The van der Waals surface area contributed by atoms with E-state index >= 15 is 0 Å². The standard InChI is InChI=1S/C12H18ClN3O3S/c1-9(7-14)15-12(17)8-16(2)20(18,19)11-5-3-10(13)4-6-11/h3-6,9H,7-8,14H2,1-2H3,(H,15,17)/t9-/m0/s1. The normalized spacial score (nSPS) is 13.2. The number of sulfonamides is 1. The zero-order chi connectivity index (χ0) is 15.3. The van der Waals surface area contributed by atoms with E-state index in [-0.39, 0.29) is 17.5 Å². The largest absolute Gasteiger partial charge is 0.351 e. The number of amides is 1. The summed E-state index contributed by atoms with van der Waals surface area (Å²) in [5, 5.41) is 3.05. The highest BCUT2D eigenvalue weighted by Gasteiger charge is 2.23. The molecule has 3 N–H and O–H groups in total. The molecule has 0 aliphatic rings. The number of nitrogens with two attached hydrogens (primary N) is 1. The van der Waals surface area contributed by atoms with Gasteiger partial charge in [-0.2, -0.15) is 4.31 Å². The van der Waals surface area contributed by atoms with Gasteiger partial charge in [-0.15, -0.1) is 0 Å². The van der Waals surface area contributed by atoms with Crippen LogP contribution in [0.5, 0.6) is 0 Å². The zero-order valence-electron chi connectivity index (χ0n) is 11.3. The summed E-state index contributed by atoms with van der Waals surface area (Å²) in [4.78, 5) is 11.7. The Bertz CT molecular complexity index is 560. The fourth-order valence-corrected chi connectivity index (χ4v) is 2.71. The molecule has 112 valence electrons. The van der Waals surface area contributed by atoms with Crippen LogP contribution in [0.25, 0.3) is 0 Å². The molecular formula is C12H18ClN3O3S. The minimum Gasteiger partial charge on any atom is -0.351 e. The summed E-state index contributed by atoms with van der Waals surface area (Å²) in [7, 11) is -2.37. The lowest BCUT2D eigenvalue weighted by Crippen LogP contribution is -2.44. The first kappa shape index (κ1) is 16.9. The maximum Gasteiger partial charge on any atom is 0.243 e. The summed E-state index contributed by atoms with van der Waals surface area (Å²) in [5.41, 5.74) is 5.38. The van der Waals surface area contributed by atoms with E-state index in [0.29, 0.717) is 11.6 Å². The third-order valence-electron chi connectivity index (χ3n) is 2.65. The third-order valence-corrected chi connectivity index (χ3v) is 4.72. The number of halogens is 1. The number of nitrogens with one attached hydrogen (secondary N) is 1. The number of benzene rings is 1. The van der Waals surface area contributed by atoms with Crippen molar-refractivity contribution in [2.75, 3.05) is 20.1 Å². The lowest BCUT2D eigenvalue weighted by molar-refractivity contribution is -0.121. The van der Waals surface area contributed by atoms with Crippen molar-refractivity contribution in [3.8, 4) is 0 Å². The van der Waals surface area contributed by atoms with Gasteiger partial charge in [-0.25, -0.2) is 8.42 Å². The van der Waals surface area contributed by atoms with Gasteiger partial charge in [-0.05, 0) is 31.2 Å². The van der Waals surface area contributed by atoms with Gasteiger partial charge in [0, 0.05) is 24.7 Å². The number of carbonyl (C=O) groups is 1. The van der Waals surface area contributed by atoms with Gasteiger partial charge < -0.3 is 11.1 Å². The maximum absolute atomic E-state index is 12.2. The van der Waals surface area contributed by atoms with Gasteiger partial charge in [0.2, 0.25) is 15.9 Å². The highest BCUT2D eigenvalue weighted by molar-refractivity contribution is 7.89. The molecule has 0 aliphatic carbocycles. The Morgan fingerprint density at radius 2 is 1.95 bits per heavy atom. The summed E-state index contributed by atoms with van der Waals surface area (Å²) < 4.78 is 25.4. The van der Waals surface area contributed by atoms with E-state index in [1.54, 1.807) is 6.92 Å². The molecule has 6 nitrogen and oxygen atoms in total. The van der Waals surface area contributed by atoms with Crippen LogP contribution in [0.1, 0.15) is 6.92 Å². The van der Waals surface area contributed by atoms with Crippen LogP contribution in [-0.2, 0) is 14.8 Å². The summed E-state index contributed by atoms with van der Waals surface area (Å²) in [6, 6.07) is 5.56. The fourth-order valence-electron chi connectivity index (χ4n) is 1.45. The lowest BCUT2D eigenvalue weighted by atomic mass is 10.3. The molecule has 1 atom stereocenters. The lowest BCUT2D eigenvalue weighted by Gasteiger charge is -2.18. The first-order valence-corrected chi connectivity index (χ1v) is 7.80. The van der Waals surface area contributed by atoms with Gasteiger partial charge in [0.1, 0.15) is 0 Å². The molecule has 1 rings (SSSR count). The highest BCUT2D eigenvalue weighted by Crippen LogP contribution is 2.17. The molecule has 0 saturated heterocycles. The van der Waals surface area contributed by atoms with Crippen LogP contribution in [0.2, 0.25) is 5.02 Å². The van der Waals surface area contributed by atoms with Crippen molar-refractivity contribution in [3.63, 3.8) is 0 Å². The van der Waals surface area contributed by atoms with Crippen molar-refractivity contribution in [2.45, 2.75) is 17.9 Å². The average Bonchev–Trinajstić information content (AvgIpc) is 2.38. The van der Waals surface area contributed by atoms with Gasteiger partial charge >= 0.3 is 0 Å². The Morgan fingerprint density at radius 1 is 1.40 bits per heavy atom. The second kappa shape index (κ2) is 7.03. The zero-order valence-corrected chi connectivity index (χ0v) is 12.9. The molecule has 0 spiro atoms. The first-order chi connectivity index (χ1) is 9.27. The van der Waals surface area contributed by atoms with Crippen molar-refractivity contribution in [1.82, 2.24) is 9.62 Å². The summed E-state index contributed by atoms with van der Waals surface area (Å²) in [5.74, 6) is -0.400. The van der Waals surface area contributed by atoms with Gasteiger partial charge in [-0.3, -0.25) is 4.79 Å². The van der Waals surface area contributed by atoms with Gasteiger partial charge in [-0.1, -0.05) is 11.6 Å². The molecule has 0 aromatic heterocycles. The van der Waals surface area contributed by atoms with Crippen LogP contribution in [0, 0.1) is 0 Å². The number of carbonyl (C=O) groups excluding carboxylic acids is 1. The van der Waals surface area contributed by atoms with Crippen LogP contribution >= 0.6 is 11.6 Å².